The van der Waals surface area contributed by atoms with E-state index in [2.05, 4.69) is 10.9 Å². The molecule has 0 aliphatic heterocycles. The van der Waals surface area contributed by atoms with Gasteiger partial charge in [0.25, 0.3) is 11.8 Å². The van der Waals surface area contributed by atoms with E-state index in [0.29, 0.717) is 17.2 Å². The van der Waals surface area contributed by atoms with Crippen molar-refractivity contribution in [3.05, 3.63) is 22.4 Å². The Bertz CT molecular complexity index is 376. The lowest BCUT2D eigenvalue weighted by molar-refractivity contribution is -0.123. The van der Waals surface area contributed by atoms with Crippen molar-refractivity contribution in [3.8, 4) is 0 Å². The minimum absolute atomic E-state index is 0.329. The highest BCUT2D eigenvalue weighted by molar-refractivity contribution is 7.12. The maximum Gasteiger partial charge on any atom is 0.279 e. The van der Waals surface area contributed by atoms with Gasteiger partial charge in [0.15, 0.2) is 0 Å². The molecule has 1 heterocycles. The Labute approximate surface area is 104 Å². The molecule has 5 nitrogen and oxygen atoms in total. The number of hydrogen-bond donors (Lipinski definition) is 3. The van der Waals surface area contributed by atoms with E-state index in [1.807, 2.05) is 13.8 Å². The predicted octanol–water partition coefficient (Wildman–Crippen LogP) is 0.883. The smallest absolute Gasteiger partial charge is 0.279 e. The number of hydrogen-bond acceptors (Lipinski definition) is 4. The average molecular weight is 255 g/mol. The molecule has 0 fully saturated rings. The summed E-state index contributed by atoms with van der Waals surface area (Å²) in [5.41, 5.74) is 10.3. The van der Waals surface area contributed by atoms with Gasteiger partial charge in [0.1, 0.15) is 0 Å². The summed E-state index contributed by atoms with van der Waals surface area (Å²) in [6.45, 7) is 3.97. The van der Waals surface area contributed by atoms with E-state index in [4.69, 9.17) is 5.73 Å². The van der Waals surface area contributed by atoms with Crippen LogP contribution in [0.25, 0.3) is 0 Å². The second-order valence-corrected chi connectivity index (χ2v) is 5.10. The van der Waals surface area contributed by atoms with E-state index in [-0.39, 0.29) is 11.8 Å². The summed E-state index contributed by atoms with van der Waals surface area (Å²) in [5.74, 6) is -0.363. The van der Waals surface area contributed by atoms with Gasteiger partial charge in [-0.25, -0.2) is 0 Å². The first-order chi connectivity index (χ1) is 8.00. The Balaban J connectivity index is 2.35. The second kappa shape index (κ2) is 6.36. The van der Waals surface area contributed by atoms with Gasteiger partial charge in [0.2, 0.25) is 0 Å². The first kappa shape index (κ1) is 13.7. The zero-order valence-electron chi connectivity index (χ0n) is 9.90. The molecule has 0 aliphatic carbocycles. The average Bonchev–Trinajstić information content (AvgIpc) is 2.77. The fraction of sp³-hybridized carbons (Fsp3) is 0.455. The van der Waals surface area contributed by atoms with Gasteiger partial charge >= 0.3 is 0 Å². The van der Waals surface area contributed by atoms with Crippen LogP contribution < -0.4 is 16.6 Å². The van der Waals surface area contributed by atoms with Crippen molar-refractivity contribution < 1.29 is 9.59 Å². The SMILES string of the molecule is CC(C)CC(N)C(=O)NNC(=O)c1cccs1. The first-order valence-corrected chi connectivity index (χ1v) is 6.28. The van der Waals surface area contributed by atoms with E-state index >= 15 is 0 Å². The van der Waals surface area contributed by atoms with Crippen LogP contribution in [0.5, 0.6) is 0 Å². The Morgan fingerprint density at radius 3 is 2.65 bits per heavy atom. The molecule has 2 amide bonds. The van der Waals surface area contributed by atoms with Crippen molar-refractivity contribution >= 4 is 23.2 Å². The molecule has 0 radical (unpaired) electrons. The third-order valence-electron chi connectivity index (χ3n) is 2.11. The third-order valence-corrected chi connectivity index (χ3v) is 2.97. The number of thiophene rings is 1. The fourth-order valence-electron chi connectivity index (χ4n) is 1.30. The van der Waals surface area contributed by atoms with E-state index in [1.54, 1.807) is 17.5 Å². The van der Waals surface area contributed by atoms with Crippen LogP contribution in [0.3, 0.4) is 0 Å². The minimum Gasteiger partial charge on any atom is -0.320 e. The molecule has 6 heteroatoms. The first-order valence-electron chi connectivity index (χ1n) is 5.40. The lowest BCUT2D eigenvalue weighted by atomic mass is 10.0. The molecule has 1 unspecified atom stereocenters. The van der Waals surface area contributed by atoms with Crippen LogP contribution in [-0.4, -0.2) is 17.9 Å². The topological polar surface area (TPSA) is 84.2 Å². The largest absolute Gasteiger partial charge is 0.320 e. The molecule has 0 saturated heterocycles. The predicted molar refractivity (Wildman–Crippen MR) is 67.4 cm³/mol. The molecule has 0 bridgehead atoms. The number of rotatable bonds is 4. The van der Waals surface area contributed by atoms with Gasteiger partial charge in [-0.15, -0.1) is 11.3 Å². The summed E-state index contributed by atoms with van der Waals surface area (Å²) in [7, 11) is 0. The van der Waals surface area contributed by atoms with Crippen molar-refractivity contribution in [2.75, 3.05) is 0 Å². The number of nitrogens with one attached hydrogen (secondary N) is 2. The van der Waals surface area contributed by atoms with Crippen molar-refractivity contribution in [1.82, 2.24) is 10.9 Å². The summed E-state index contributed by atoms with van der Waals surface area (Å²) >= 11 is 1.31. The second-order valence-electron chi connectivity index (χ2n) is 4.16. The molecule has 0 spiro atoms. The lowest BCUT2D eigenvalue weighted by Gasteiger charge is -2.14. The minimum atomic E-state index is -0.598. The Morgan fingerprint density at radius 2 is 2.12 bits per heavy atom. The van der Waals surface area contributed by atoms with Gasteiger partial charge < -0.3 is 5.73 Å². The van der Waals surface area contributed by atoms with Crippen molar-refractivity contribution in [1.29, 1.82) is 0 Å². The van der Waals surface area contributed by atoms with Crippen LogP contribution >= 0.6 is 11.3 Å². The highest BCUT2D eigenvalue weighted by atomic mass is 32.1. The van der Waals surface area contributed by atoms with Crippen LogP contribution in [0.4, 0.5) is 0 Å². The molecule has 1 atom stereocenters. The summed E-state index contributed by atoms with van der Waals surface area (Å²) in [5, 5.41) is 1.79. The number of hydrazine groups is 1. The quantitative estimate of drug-likeness (QED) is 0.698. The number of carbonyl (C=O) groups is 2. The van der Waals surface area contributed by atoms with Crippen LogP contribution in [0.1, 0.15) is 29.9 Å². The summed E-state index contributed by atoms with van der Waals surface area (Å²) in [6, 6.07) is 2.85. The van der Waals surface area contributed by atoms with Crippen LogP contribution in [-0.2, 0) is 4.79 Å². The zero-order chi connectivity index (χ0) is 12.8. The van der Waals surface area contributed by atoms with Gasteiger partial charge in [-0.3, -0.25) is 20.4 Å². The monoisotopic (exact) mass is 255 g/mol. The molecular formula is C11H17N3O2S. The molecule has 1 aromatic rings. The van der Waals surface area contributed by atoms with Gasteiger partial charge in [-0.2, -0.15) is 0 Å². The number of carbonyl (C=O) groups excluding carboxylic acids is 2. The van der Waals surface area contributed by atoms with Gasteiger partial charge in [-0.1, -0.05) is 19.9 Å². The molecule has 4 N–H and O–H groups in total. The van der Waals surface area contributed by atoms with E-state index in [9.17, 15) is 9.59 Å². The molecule has 1 aromatic heterocycles. The van der Waals surface area contributed by atoms with Gasteiger partial charge in [0.05, 0.1) is 10.9 Å². The maximum absolute atomic E-state index is 11.5. The molecular weight excluding hydrogens is 238 g/mol. The Morgan fingerprint density at radius 1 is 1.41 bits per heavy atom. The van der Waals surface area contributed by atoms with Crippen molar-refractivity contribution in [2.45, 2.75) is 26.3 Å². The fourth-order valence-corrected chi connectivity index (χ4v) is 1.91. The van der Waals surface area contributed by atoms with Crippen molar-refractivity contribution in [3.63, 3.8) is 0 Å². The van der Waals surface area contributed by atoms with Crippen LogP contribution in [0.2, 0.25) is 0 Å². The molecule has 0 aliphatic rings. The van der Waals surface area contributed by atoms with E-state index in [0.717, 1.165) is 0 Å². The number of amides is 2. The number of nitrogens with two attached hydrogens (primary N) is 1. The highest BCUT2D eigenvalue weighted by Crippen LogP contribution is 2.07. The van der Waals surface area contributed by atoms with Gasteiger partial charge in [0, 0.05) is 0 Å². The highest BCUT2D eigenvalue weighted by Gasteiger charge is 2.15. The molecule has 94 valence electrons. The van der Waals surface area contributed by atoms with Crippen LogP contribution in [0.15, 0.2) is 17.5 Å². The Kier molecular flexibility index (Phi) is 5.11. The molecule has 0 saturated carbocycles. The molecule has 0 aromatic carbocycles. The van der Waals surface area contributed by atoms with Crippen molar-refractivity contribution in [2.24, 2.45) is 11.7 Å². The van der Waals surface area contributed by atoms with Crippen LogP contribution in [0, 0.1) is 5.92 Å². The maximum atomic E-state index is 11.5. The van der Waals surface area contributed by atoms with Gasteiger partial charge in [-0.05, 0) is 23.8 Å². The summed E-state index contributed by atoms with van der Waals surface area (Å²) < 4.78 is 0. The Hall–Kier alpha value is -1.40. The van der Waals surface area contributed by atoms with E-state index < -0.39 is 6.04 Å². The molecule has 1 rings (SSSR count). The third kappa shape index (κ3) is 4.54. The zero-order valence-corrected chi connectivity index (χ0v) is 10.7. The molecule has 17 heavy (non-hydrogen) atoms. The van der Waals surface area contributed by atoms with E-state index in [1.165, 1.54) is 11.3 Å². The lowest BCUT2D eigenvalue weighted by Crippen LogP contribution is -2.49. The summed E-state index contributed by atoms with van der Waals surface area (Å²) in [6.07, 6.45) is 0.584. The summed E-state index contributed by atoms with van der Waals surface area (Å²) in [4.78, 5) is 23.5. The standard InChI is InChI=1S/C11H17N3O2S/c1-7(2)6-8(12)10(15)13-14-11(16)9-4-3-5-17-9/h3-5,7-8H,6,12H2,1-2H3,(H,13,15)(H,14,16). The normalized spacial score (nSPS) is 12.2.